The first-order valence-electron chi connectivity index (χ1n) is 11.1. The van der Waals surface area contributed by atoms with Crippen molar-refractivity contribution in [1.82, 2.24) is 9.88 Å². The van der Waals surface area contributed by atoms with Crippen molar-refractivity contribution < 1.29 is 9.53 Å². The molecule has 0 unspecified atom stereocenters. The summed E-state index contributed by atoms with van der Waals surface area (Å²) in [6.45, 7) is 6.69. The molecule has 3 heterocycles. The maximum Gasteiger partial charge on any atom is 0.254 e. The molecule has 2 saturated heterocycles. The number of aryl methyl sites for hydroxylation is 1. The smallest absolute Gasteiger partial charge is 0.254 e. The van der Waals surface area contributed by atoms with Gasteiger partial charge < -0.3 is 20.3 Å². The highest BCUT2D eigenvalue weighted by atomic mass is 32.2. The molecule has 2 fully saturated rings. The van der Waals surface area contributed by atoms with Crippen molar-refractivity contribution >= 4 is 40.1 Å². The summed E-state index contributed by atoms with van der Waals surface area (Å²) in [7, 11) is 0. The van der Waals surface area contributed by atoms with Crippen LogP contribution in [0.15, 0.2) is 42.5 Å². The molecule has 2 aliphatic rings. The van der Waals surface area contributed by atoms with Crippen LogP contribution in [0.25, 0.3) is 22.0 Å². The molecule has 2 N–H and O–H groups in total. The zero-order valence-electron chi connectivity index (χ0n) is 18.3. The van der Waals surface area contributed by atoms with Gasteiger partial charge in [-0.3, -0.25) is 4.79 Å². The van der Waals surface area contributed by atoms with E-state index in [0.717, 1.165) is 76.5 Å². The van der Waals surface area contributed by atoms with Crippen LogP contribution < -0.4 is 10.6 Å². The lowest BCUT2D eigenvalue weighted by Gasteiger charge is -2.29. The van der Waals surface area contributed by atoms with E-state index in [1.54, 1.807) is 0 Å². The Balaban J connectivity index is 1.57. The number of pyridine rings is 1. The summed E-state index contributed by atoms with van der Waals surface area (Å²) in [5, 5.41) is 1.02. The van der Waals surface area contributed by atoms with Crippen molar-refractivity contribution in [3.05, 3.63) is 53.6 Å². The number of nitrogens with two attached hydrogens (primary N) is 1. The fourth-order valence-corrected chi connectivity index (χ4v) is 5.46. The molecule has 5 rings (SSSR count). The fourth-order valence-electron chi connectivity index (χ4n) is 4.56. The third kappa shape index (κ3) is 4.02. The number of rotatable bonds is 3. The number of morpholine rings is 1. The number of amides is 1. The molecule has 1 aromatic heterocycles. The van der Waals surface area contributed by atoms with E-state index in [9.17, 15) is 4.79 Å². The van der Waals surface area contributed by atoms with Crippen molar-refractivity contribution in [1.29, 1.82) is 0 Å². The Morgan fingerprint density at radius 1 is 1.06 bits per heavy atom. The number of carbonyl (C=O) groups excluding carboxylic acids is 1. The predicted octanol–water partition coefficient (Wildman–Crippen LogP) is 3.82. The molecule has 3 aromatic rings. The normalized spacial score (nSPS) is 17.0. The SMILES string of the molecule is Cc1cccc(C(=O)N2CCSCC2)c1-c1ccc2nc(N)c(N3CCOCC3)cc2c1. The molecular formula is C25H28N4O2S. The maximum absolute atomic E-state index is 13.4. The Bertz CT molecular complexity index is 1150. The Hall–Kier alpha value is -2.77. The molecule has 32 heavy (non-hydrogen) atoms. The summed E-state index contributed by atoms with van der Waals surface area (Å²) >= 11 is 1.91. The average molecular weight is 449 g/mol. The van der Waals surface area contributed by atoms with E-state index >= 15 is 0 Å². The van der Waals surface area contributed by atoms with Gasteiger partial charge in [-0.2, -0.15) is 11.8 Å². The van der Waals surface area contributed by atoms with Crippen LogP contribution in [0.5, 0.6) is 0 Å². The van der Waals surface area contributed by atoms with E-state index in [2.05, 4.69) is 35.0 Å². The highest BCUT2D eigenvalue weighted by Crippen LogP contribution is 2.33. The van der Waals surface area contributed by atoms with Gasteiger partial charge in [0.05, 0.1) is 24.4 Å². The average Bonchev–Trinajstić information content (AvgIpc) is 2.84. The van der Waals surface area contributed by atoms with Crippen LogP contribution in [-0.4, -0.2) is 66.7 Å². The number of hydrogen-bond acceptors (Lipinski definition) is 6. The molecule has 0 aliphatic carbocycles. The lowest BCUT2D eigenvalue weighted by Crippen LogP contribution is -2.38. The van der Waals surface area contributed by atoms with E-state index in [1.165, 1.54) is 0 Å². The highest BCUT2D eigenvalue weighted by Gasteiger charge is 2.23. The van der Waals surface area contributed by atoms with Crippen LogP contribution in [0.2, 0.25) is 0 Å². The quantitative estimate of drug-likeness (QED) is 0.657. The predicted molar refractivity (Wildman–Crippen MR) is 133 cm³/mol. The van der Waals surface area contributed by atoms with Crippen LogP contribution in [0.4, 0.5) is 11.5 Å². The number of nitrogen functional groups attached to an aromatic ring is 1. The first kappa shape index (κ1) is 21.1. The molecule has 166 valence electrons. The number of aromatic nitrogens is 1. The minimum Gasteiger partial charge on any atom is -0.382 e. The van der Waals surface area contributed by atoms with E-state index in [4.69, 9.17) is 10.5 Å². The van der Waals surface area contributed by atoms with Crippen molar-refractivity contribution in [3.63, 3.8) is 0 Å². The van der Waals surface area contributed by atoms with E-state index < -0.39 is 0 Å². The van der Waals surface area contributed by atoms with Gasteiger partial charge in [0, 0.05) is 48.6 Å². The Morgan fingerprint density at radius 3 is 2.62 bits per heavy atom. The topological polar surface area (TPSA) is 71.7 Å². The number of hydrogen-bond donors (Lipinski definition) is 1. The Labute approximate surface area is 192 Å². The van der Waals surface area contributed by atoms with Gasteiger partial charge in [0.1, 0.15) is 5.82 Å². The summed E-state index contributed by atoms with van der Waals surface area (Å²) in [4.78, 5) is 22.3. The summed E-state index contributed by atoms with van der Waals surface area (Å²) < 4.78 is 5.48. The van der Waals surface area contributed by atoms with Gasteiger partial charge in [-0.05, 0) is 47.9 Å². The highest BCUT2D eigenvalue weighted by molar-refractivity contribution is 7.99. The zero-order valence-corrected chi connectivity index (χ0v) is 19.2. The van der Waals surface area contributed by atoms with Crippen molar-refractivity contribution in [3.8, 4) is 11.1 Å². The first-order valence-corrected chi connectivity index (χ1v) is 12.3. The second kappa shape index (κ2) is 9.00. The van der Waals surface area contributed by atoms with Crippen molar-refractivity contribution in [2.45, 2.75) is 6.92 Å². The van der Waals surface area contributed by atoms with Gasteiger partial charge in [-0.25, -0.2) is 4.98 Å². The molecule has 2 aliphatic heterocycles. The van der Waals surface area contributed by atoms with Crippen LogP contribution in [-0.2, 0) is 4.74 Å². The number of ether oxygens (including phenoxy) is 1. The third-order valence-corrected chi connectivity index (χ3v) is 7.21. The van der Waals surface area contributed by atoms with Crippen LogP contribution in [0.1, 0.15) is 15.9 Å². The molecule has 7 heteroatoms. The summed E-state index contributed by atoms with van der Waals surface area (Å²) in [6.07, 6.45) is 0. The number of benzene rings is 2. The minimum absolute atomic E-state index is 0.119. The van der Waals surface area contributed by atoms with E-state index in [1.807, 2.05) is 40.9 Å². The molecule has 0 spiro atoms. The standard InChI is InChI=1S/C25H28N4O2S/c1-17-3-2-4-20(25(30)29-9-13-32-14-10-29)23(17)18-5-6-21-19(15-18)16-22(24(26)27-21)28-7-11-31-12-8-28/h2-6,15-16H,7-14H2,1H3,(H2,26,27). The van der Waals surface area contributed by atoms with Crippen LogP contribution >= 0.6 is 11.8 Å². The first-order chi connectivity index (χ1) is 15.6. The fraction of sp³-hybridized carbons (Fsp3) is 0.360. The minimum atomic E-state index is 0.119. The van der Waals surface area contributed by atoms with Crippen LogP contribution in [0, 0.1) is 6.92 Å². The Morgan fingerprint density at radius 2 is 1.84 bits per heavy atom. The molecule has 1 amide bonds. The number of fused-ring (bicyclic) bond motifs is 1. The molecule has 0 atom stereocenters. The van der Waals surface area contributed by atoms with Crippen LogP contribution in [0.3, 0.4) is 0 Å². The number of carbonyl (C=O) groups is 1. The van der Waals surface area contributed by atoms with Gasteiger partial charge in [0.2, 0.25) is 0 Å². The van der Waals surface area contributed by atoms with Gasteiger partial charge >= 0.3 is 0 Å². The number of anilines is 2. The van der Waals surface area contributed by atoms with E-state index in [0.29, 0.717) is 19.0 Å². The molecular weight excluding hydrogens is 420 g/mol. The summed E-state index contributed by atoms with van der Waals surface area (Å²) in [6, 6.07) is 14.3. The number of nitrogens with zero attached hydrogens (tertiary/aromatic N) is 3. The van der Waals surface area contributed by atoms with Gasteiger partial charge in [0.25, 0.3) is 5.91 Å². The Kier molecular flexibility index (Phi) is 5.93. The molecule has 2 aromatic carbocycles. The molecule has 0 bridgehead atoms. The summed E-state index contributed by atoms with van der Waals surface area (Å²) in [5.74, 6) is 2.66. The van der Waals surface area contributed by atoms with E-state index in [-0.39, 0.29) is 5.91 Å². The monoisotopic (exact) mass is 448 g/mol. The second-order valence-corrected chi connectivity index (χ2v) is 9.53. The summed E-state index contributed by atoms with van der Waals surface area (Å²) in [5.41, 5.74) is 12.0. The number of thioether (sulfide) groups is 1. The molecule has 6 nitrogen and oxygen atoms in total. The van der Waals surface area contributed by atoms with Gasteiger partial charge in [0.15, 0.2) is 0 Å². The van der Waals surface area contributed by atoms with Gasteiger partial charge in [-0.15, -0.1) is 0 Å². The lowest BCUT2D eigenvalue weighted by molar-refractivity contribution is 0.0773. The third-order valence-electron chi connectivity index (χ3n) is 6.27. The molecule has 0 saturated carbocycles. The largest absolute Gasteiger partial charge is 0.382 e. The lowest BCUT2D eigenvalue weighted by atomic mass is 9.93. The second-order valence-electron chi connectivity index (χ2n) is 8.30. The maximum atomic E-state index is 13.4. The molecule has 0 radical (unpaired) electrons. The van der Waals surface area contributed by atoms with Crippen molar-refractivity contribution in [2.24, 2.45) is 0 Å². The van der Waals surface area contributed by atoms with Crippen molar-refractivity contribution in [2.75, 3.05) is 61.5 Å². The zero-order chi connectivity index (χ0) is 22.1. The van der Waals surface area contributed by atoms with Gasteiger partial charge in [-0.1, -0.05) is 18.2 Å².